The minimum absolute atomic E-state index is 0.200. The number of fused-ring (bicyclic) bond motifs is 1. The molecule has 86 valence electrons. The molecular formula is C12H11N3OS. The van der Waals surface area contributed by atoms with E-state index >= 15 is 0 Å². The van der Waals surface area contributed by atoms with Gasteiger partial charge in [-0.15, -0.1) is 0 Å². The van der Waals surface area contributed by atoms with Gasteiger partial charge >= 0.3 is 0 Å². The van der Waals surface area contributed by atoms with Gasteiger partial charge in [0.2, 0.25) is 0 Å². The maximum absolute atomic E-state index is 11.8. The summed E-state index contributed by atoms with van der Waals surface area (Å²) in [6.45, 7) is 0.842. The Hall–Kier alpha value is -1.62. The van der Waals surface area contributed by atoms with Crippen molar-refractivity contribution < 1.29 is 0 Å². The van der Waals surface area contributed by atoms with Gasteiger partial charge in [0.1, 0.15) is 5.69 Å². The summed E-state index contributed by atoms with van der Waals surface area (Å²) in [5.74, 6) is 0.953. The number of aryl methyl sites for hydroxylation is 1. The number of benzene rings is 1. The summed E-state index contributed by atoms with van der Waals surface area (Å²) < 4.78 is 1.82. The summed E-state index contributed by atoms with van der Waals surface area (Å²) in [6, 6.07) is 9.87. The van der Waals surface area contributed by atoms with Crippen molar-refractivity contribution in [1.82, 2.24) is 14.8 Å². The van der Waals surface area contributed by atoms with Crippen LogP contribution in [0.2, 0.25) is 0 Å². The third-order valence-electron chi connectivity index (χ3n) is 2.65. The van der Waals surface area contributed by atoms with Gasteiger partial charge in [0, 0.05) is 12.2 Å². The third-order valence-corrected chi connectivity index (χ3v) is 3.60. The second-order valence-electron chi connectivity index (χ2n) is 3.88. The van der Waals surface area contributed by atoms with Crippen molar-refractivity contribution in [3.05, 3.63) is 51.9 Å². The Kier molecular flexibility index (Phi) is 2.68. The van der Waals surface area contributed by atoms with Crippen LogP contribution in [0.15, 0.2) is 40.3 Å². The average molecular weight is 245 g/mol. The fraction of sp³-hybridized carbons (Fsp3) is 0.250. The molecule has 1 aromatic carbocycles. The van der Waals surface area contributed by atoms with Crippen LogP contribution in [-0.2, 0) is 13.0 Å². The number of hydrogen-bond acceptors (Lipinski definition) is 4. The molecule has 5 heteroatoms. The predicted octanol–water partition coefficient (Wildman–Crippen LogP) is 1.33. The van der Waals surface area contributed by atoms with Gasteiger partial charge in [-0.2, -0.15) is 10.1 Å². The normalized spacial score (nSPS) is 13.6. The van der Waals surface area contributed by atoms with E-state index in [0.29, 0.717) is 12.1 Å². The minimum atomic E-state index is -0.200. The van der Waals surface area contributed by atoms with E-state index in [1.54, 1.807) is 11.8 Å². The zero-order valence-corrected chi connectivity index (χ0v) is 9.98. The van der Waals surface area contributed by atoms with Gasteiger partial charge < -0.3 is 0 Å². The van der Waals surface area contributed by atoms with Gasteiger partial charge in [-0.25, -0.2) is 4.68 Å². The average Bonchev–Trinajstić information content (AvgIpc) is 2.78. The maximum atomic E-state index is 11.8. The van der Waals surface area contributed by atoms with E-state index in [0.717, 1.165) is 23.0 Å². The van der Waals surface area contributed by atoms with Crippen LogP contribution in [0.1, 0.15) is 11.3 Å². The first-order chi connectivity index (χ1) is 8.33. The molecule has 0 saturated heterocycles. The molecule has 1 aromatic heterocycles. The lowest BCUT2D eigenvalue weighted by Crippen LogP contribution is -2.21. The zero-order chi connectivity index (χ0) is 11.7. The summed E-state index contributed by atoms with van der Waals surface area (Å²) in [6.07, 6.45) is 0.553. The number of thioether (sulfide) groups is 1. The van der Waals surface area contributed by atoms with Crippen LogP contribution in [0.5, 0.6) is 0 Å². The van der Waals surface area contributed by atoms with Crippen LogP contribution in [-0.4, -0.2) is 20.5 Å². The Morgan fingerprint density at radius 2 is 2.12 bits per heavy atom. The van der Waals surface area contributed by atoms with E-state index in [4.69, 9.17) is 0 Å². The van der Waals surface area contributed by atoms with E-state index in [-0.39, 0.29) is 5.56 Å². The molecule has 0 spiro atoms. The molecule has 2 aromatic rings. The van der Waals surface area contributed by atoms with Crippen molar-refractivity contribution >= 4 is 11.8 Å². The second-order valence-corrected chi connectivity index (χ2v) is 4.94. The van der Waals surface area contributed by atoms with Crippen LogP contribution in [0.25, 0.3) is 0 Å². The van der Waals surface area contributed by atoms with Gasteiger partial charge in [0.15, 0.2) is 5.16 Å². The minimum Gasteiger partial charge on any atom is -0.265 e. The lowest BCUT2D eigenvalue weighted by atomic mass is 10.1. The fourth-order valence-corrected chi connectivity index (χ4v) is 2.69. The predicted molar refractivity (Wildman–Crippen MR) is 66.3 cm³/mol. The number of aromatic nitrogens is 3. The zero-order valence-electron chi connectivity index (χ0n) is 9.17. The lowest BCUT2D eigenvalue weighted by Gasteiger charge is -2.03. The van der Waals surface area contributed by atoms with Gasteiger partial charge in [0.25, 0.3) is 5.56 Å². The van der Waals surface area contributed by atoms with Crippen molar-refractivity contribution in [1.29, 1.82) is 0 Å². The van der Waals surface area contributed by atoms with Gasteiger partial charge in [-0.3, -0.25) is 4.79 Å². The third kappa shape index (κ3) is 2.10. The van der Waals surface area contributed by atoms with Crippen molar-refractivity contribution in [2.24, 2.45) is 0 Å². The standard InChI is InChI=1S/C12H11N3OS/c16-11-10(8-9-4-2-1-3-5-9)14-15-6-7-17-12(15)13-11/h1-5H,6-8H2. The molecule has 1 aliphatic rings. The summed E-state index contributed by atoms with van der Waals surface area (Å²) in [5, 5.41) is 5.11. The second kappa shape index (κ2) is 4.33. The van der Waals surface area contributed by atoms with E-state index in [9.17, 15) is 4.79 Å². The molecule has 3 rings (SSSR count). The largest absolute Gasteiger partial charge is 0.295 e. The van der Waals surface area contributed by atoms with Crippen molar-refractivity contribution in [3.63, 3.8) is 0 Å². The molecule has 0 bridgehead atoms. The van der Waals surface area contributed by atoms with Crippen molar-refractivity contribution in [3.8, 4) is 0 Å². The molecule has 4 nitrogen and oxygen atoms in total. The summed E-state index contributed by atoms with van der Waals surface area (Å²) in [4.78, 5) is 15.8. The highest BCUT2D eigenvalue weighted by Gasteiger charge is 2.15. The van der Waals surface area contributed by atoms with Crippen LogP contribution in [0, 0.1) is 0 Å². The SMILES string of the molecule is O=c1nc2n(nc1Cc1ccccc1)CCS2. The molecule has 0 aliphatic carbocycles. The molecule has 0 atom stereocenters. The lowest BCUT2D eigenvalue weighted by molar-refractivity contribution is 0.553. The smallest absolute Gasteiger partial charge is 0.265 e. The molecule has 0 fully saturated rings. The molecule has 17 heavy (non-hydrogen) atoms. The van der Waals surface area contributed by atoms with E-state index in [1.165, 1.54) is 0 Å². The highest BCUT2D eigenvalue weighted by atomic mass is 32.2. The maximum Gasteiger partial charge on any atom is 0.295 e. The van der Waals surface area contributed by atoms with Crippen LogP contribution < -0.4 is 5.56 Å². The number of hydrogen-bond donors (Lipinski definition) is 0. The van der Waals surface area contributed by atoms with Crippen LogP contribution in [0.4, 0.5) is 0 Å². The molecular weight excluding hydrogens is 234 g/mol. The monoisotopic (exact) mass is 245 g/mol. The van der Waals surface area contributed by atoms with E-state index in [2.05, 4.69) is 10.1 Å². The first kappa shape index (κ1) is 10.5. The summed E-state index contributed by atoms with van der Waals surface area (Å²) >= 11 is 1.59. The molecule has 0 N–H and O–H groups in total. The quantitative estimate of drug-likeness (QED) is 0.801. The fourth-order valence-electron chi connectivity index (χ4n) is 1.82. The topological polar surface area (TPSA) is 47.8 Å². The van der Waals surface area contributed by atoms with Gasteiger partial charge in [-0.1, -0.05) is 42.1 Å². The molecule has 2 heterocycles. The highest BCUT2D eigenvalue weighted by Crippen LogP contribution is 2.20. The van der Waals surface area contributed by atoms with Crippen LogP contribution >= 0.6 is 11.8 Å². The van der Waals surface area contributed by atoms with E-state index in [1.807, 2.05) is 35.0 Å². The Labute approximate surface area is 103 Å². The molecule has 0 radical (unpaired) electrons. The first-order valence-electron chi connectivity index (χ1n) is 5.48. The Bertz CT molecular complexity index is 594. The highest BCUT2D eigenvalue weighted by molar-refractivity contribution is 7.99. The van der Waals surface area contributed by atoms with Crippen molar-refractivity contribution in [2.45, 2.75) is 18.1 Å². The number of rotatable bonds is 2. The van der Waals surface area contributed by atoms with Gasteiger partial charge in [0.05, 0.1) is 6.54 Å². The summed E-state index contributed by atoms with van der Waals surface area (Å²) in [7, 11) is 0. The van der Waals surface area contributed by atoms with Gasteiger partial charge in [-0.05, 0) is 5.56 Å². The first-order valence-corrected chi connectivity index (χ1v) is 6.46. The Morgan fingerprint density at radius 3 is 2.94 bits per heavy atom. The summed E-state index contributed by atoms with van der Waals surface area (Å²) in [5.41, 5.74) is 1.42. The molecule has 0 amide bonds. The van der Waals surface area contributed by atoms with Crippen molar-refractivity contribution in [2.75, 3.05) is 5.75 Å². The molecule has 0 unspecified atom stereocenters. The number of nitrogens with zero attached hydrogens (tertiary/aromatic N) is 3. The van der Waals surface area contributed by atoms with Crippen LogP contribution in [0.3, 0.4) is 0 Å². The van der Waals surface area contributed by atoms with E-state index < -0.39 is 0 Å². The molecule has 1 aliphatic heterocycles. The Balaban J connectivity index is 1.96. The Morgan fingerprint density at radius 1 is 1.29 bits per heavy atom. The molecule has 0 saturated carbocycles.